The minimum absolute atomic E-state index is 0.0172. The van der Waals surface area contributed by atoms with Gasteiger partial charge in [0.2, 0.25) is 35.4 Å². The number of piperidine rings is 3. The van der Waals surface area contributed by atoms with Gasteiger partial charge in [0, 0.05) is 89.7 Å². The molecule has 6 fully saturated rings. The van der Waals surface area contributed by atoms with Crippen molar-refractivity contribution >= 4 is 53.2 Å². The second kappa shape index (κ2) is 31.3. The highest BCUT2D eigenvalue weighted by Gasteiger charge is 2.43. The molecular formula is C78H81N9O15. The second-order valence-electron chi connectivity index (χ2n) is 26.0. The van der Waals surface area contributed by atoms with Gasteiger partial charge in [0.15, 0.2) is 0 Å². The van der Waals surface area contributed by atoms with Crippen LogP contribution in [0.2, 0.25) is 0 Å². The molecule has 0 radical (unpaired) electrons. The fraction of sp³-hybridized carbons (Fsp3) is 0.346. The molecule has 0 spiro atoms. The van der Waals surface area contributed by atoms with Crippen molar-refractivity contribution < 1.29 is 77.1 Å². The largest absolute Gasteiger partial charge is 0.489 e. The van der Waals surface area contributed by atoms with Gasteiger partial charge in [-0.25, -0.2) is 0 Å². The standard InChI is InChI=1S/3C26H27N3O5/c3*1-17-5-10-22(25(31)27-17)29-14-21-20(26(29)32)3-2-4-23(21)34-15-19-8-6-18(7-9-19)13-28-11-12-33-16-24(28)30/h3*2-4,6-9,22H,1,5,10-16H2,(H,27,31)/i15D2;13D;6D. The number of hydrogen-bond donors (Lipinski definition) is 3. The minimum Gasteiger partial charge on any atom is -0.489 e. The first-order valence-corrected chi connectivity index (χ1v) is 34.0. The zero-order valence-electron chi connectivity index (χ0n) is 60.3. The van der Waals surface area contributed by atoms with Crippen LogP contribution in [0.3, 0.4) is 0 Å². The van der Waals surface area contributed by atoms with Crippen LogP contribution in [0.5, 0.6) is 17.2 Å². The molecule has 24 nitrogen and oxygen atoms in total. The summed E-state index contributed by atoms with van der Waals surface area (Å²) in [6.45, 7) is 13.7. The molecule has 0 saturated carbocycles. The van der Waals surface area contributed by atoms with E-state index in [1.165, 1.54) is 9.80 Å². The van der Waals surface area contributed by atoms with Crippen molar-refractivity contribution in [3.63, 3.8) is 0 Å². The Morgan fingerprint density at radius 2 is 0.775 bits per heavy atom. The van der Waals surface area contributed by atoms with E-state index in [1.807, 2.05) is 48.5 Å². The Morgan fingerprint density at radius 3 is 1.18 bits per heavy atom. The Morgan fingerprint density at radius 1 is 0.422 bits per heavy atom. The molecule has 9 aliphatic heterocycles. The first kappa shape index (κ1) is 64.4. The fourth-order valence-corrected chi connectivity index (χ4v) is 13.5. The van der Waals surface area contributed by atoms with Gasteiger partial charge < -0.3 is 73.8 Å². The summed E-state index contributed by atoms with van der Waals surface area (Å²) in [5.41, 5.74) is 10.0. The van der Waals surface area contributed by atoms with Crippen LogP contribution in [0.15, 0.2) is 164 Å². The van der Waals surface area contributed by atoms with E-state index >= 15 is 0 Å². The molecule has 9 heterocycles. The Balaban J connectivity index is 0.000000141. The molecule has 6 saturated heterocycles. The van der Waals surface area contributed by atoms with E-state index in [1.54, 1.807) is 92.4 Å². The zero-order valence-corrected chi connectivity index (χ0v) is 56.3. The van der Waals surface area contributed by atoms with E-state index in [9.17, 15) is 43.2 Å². The van der Waals surface area contributed by atoms with Crippen molar-refractivity contribution in [3.05, 3.63) is 231 Å². The first-order valence-electron chi connectivity index (χ1n) is 36.1. The van der Waals surface area contributed by atoms with Gasteiger partial charge in [0.05, 0.1) is 44.9 Å². The maximum Gasteiger partial charge on any atom is 0.255 e. The average Bonchev–Trinajstić information content (AvgIpc) is 1.63. The lowest BCUT2D eigenvalue weighted by atomic mass is 10.0. The maximum absolute atomic E-state index is 13.1. The molecule has 6 aromatic carbocycles. The molecular weight excluding hydrogens is 1300 g/mol. The number of fused-ring (bicyclic) bond motifs is 3. The molecule has 4 atom stereocenters. The highest BCUT2D eigenvalue weighted by Crippen LogP contribution is 2.38. The van der Waals surface area contributed by atoms with Crippen molar-refractivity contribution in [2.24, 2.45) is 0 Å². The monoisotopic (exact) mass is 1390 g/mol. The smallest absolute Gasteiger partial charge is 0.255 e. The fourth-order valence-electron chi connectivity index (χ4n) is 13.5. The maximum atomic E-state index is 13.1. The van der Waals surface area contributed by atoms with Crippen LogP contribution in [-0.4, -0.2) is 160 Å². The molecule has 9 aliphatic rings. The van der Waals surface area contributed by atoms with Gasteiger partial charge in [-0.05, 0) is 108 Å². The van der Waals surface area contributed by atoms with E-state index < -0.39 is 31.2 Å². The van der Waals surface area contributed by atoms with Crippen LogP contribution in [0, 0.1) is 0 Å². The molecule has 24 heteroatoms. The molecule has 102 heavy (non-hydrogen) atoms. The van der Waals surface area contributed by atoms with Crippen molar-refractivity contribution in [1.29, 1.82) is 0 Å². The Hall–Kier alpha value is -11.0. The van der Waals surface area contributed by atoms with Gasteiger partial charge in [-0.15, -0.1) is 0 Å². The van der Waals surface area contributed by atoms with Crippen molar-refractivity contribution in [1.82, 2.24) is 45.3 Å². The SMILES string of the molecule is [2H]C([2H])(Oc1cccc2c1CN(C1CCC(=C)NC1=O)C2=O)c1ccc(CN2CCOCC2=O)cc1.[2H]C(c1ccc(COc2cccc3c2CN(C2CCC(=C)NC2=O)C3=O)cc1)N1CCOCC1=O.[2H]c1cc(COc2cccc3c2CN(C2CCC(=C)NC2=O)C3=O)ccc1CN1CCOCC1=O. The predicted octanol–water partition coefficient (Wildman–Crippen LogP) is 7.12. The third-order valence-corrected chi connectivity index (χ3v) is 19.1. The zero-order chi connectivity index (χ0) is 74.5. The normalized spacial score (nSPS) is 21.4. The van der Waals surface area contributed by atoms with Gasteiger partial charge >= 0.3 is 0 Å². The van der Waals surface area contributed by atoms with Crippen LogP contribution < -0.4 is 30.2 Å². The minimum atomic E-state index is -2.17. The third kappa shape index (κ3) is 15.9. The molecule has 9 amide bonds. The topological polar surface area (TPSA) is 265 Å². The van der Waals surface area contributed by atoms with Crippen molar-refractivity contribution in [2.75, 3.05) is 59.3 Å². The number of allylic oxidation sites excluding steroid dienone is 3. The number of rotatable bonds is 18. The van der Waals surface area contributed by atoms with Crippen LogP contribution in [0.25, 0.3) is 0 Å². The predicted molar refractivity (Wildman–Crippen MR) is 371 cm³/mol. The van der Waals surface area contributed by atoms with Gasteiger partial charge in [0.1, 0.15) is 75.0 Å². The summed E-state index contributed by atoms with van der Waals surface area (Å²) in [4.78, 5) is 122. The average molecular weight is 1390 g/mol. The Labute approximate surface area is 596 Å². The number of benzene rings is 6. The summed E-state index contributed by atoms with van der Waals surface area (Å²) in [7, 11) is 0. The summed E-state index contributed by atoms with van der Waals surface area (Å²) in [5.74, 6) is -0.124. The van der Waals surface area contributed by atoms with Crippen LogP contribution in [0.1, 0.15) is 125 Å². The van der Waals surface area contributed by atoms with E-state index in [0.717, 1.165) is 38.9 Å². The lowest BCUT2D eigenvalue weighted by molar-refractivity contribution is -0.144. The number of nitrogens with zero attached hydrogens (tertiary/aromatic N) is 6. The van der Waals surface area contributed by atoms with Crippen molar-refractivity contribution in [2.45, 2.75) is 116 Å². The second-order valence-corrected chi connectivity index (χ2v) is 26.0. The molecule has 0 aliphatic carbocycles. The highest BCUT2D eigenvalue weighted by molar-refractivity contribution is 6.04. The molecule has 3 N–H and O–H groups in total. The molecule has 15 rings (SSSR count). The van der Waals surface area contributed by atoms with Gasteiger partial charge in [0.25, 0.3) is 17.7 Å². The number of ether oxygens (including phenoxy) is 6. The Kier molecular flexibility index (Phi) is 19.8. The van der Waals surface area contributed by atoms with Crippen LogP contribution >= 0.6 is 0 Å². The molecule has 4 unspecified atom stereocenters. The van der Waals surface area contributed by atoms with Crippen LogP contribution in [0.4, 0.5) is 0 Å². The number of carbonyl (C=O) groups is 9. The summed E-state index contributed by atoms with van der Waals surface area (Å²) < 4.78 is 67.4. The van der Waals surface area contributed by atoms with Crippen LogP contribution in [-0.2, 0) is 102 Å². The number of amides is 9. The lowest BCUT2D eigenvalue weighted by Gasteiger charge is -2.31. The first-order chi connectivity index (χ1) is 51.0. The molecule has 0 bridgehead atoms. The molecule has 528 valence electrons. The Bertz CT molecular complexity index is 4520. The summed E-state index contributed by atoms with van der Waals surface area (Å²) in [6, 6.07) is 34.1. The quantitative estimate of drug-likeness (QED) is 0.0774. The third-order valence-electron chi connectivity index (χ3n) is 19.1. The van der Waals surface area contributed by atoms with E-state index in [-0.39, 0.29) is 98.5 Å². The number of nitrogens with one attached hydrogen (secondary N) is 3. The number of carbonyl (C=O) groups excluding carboxylic acids is 9. The molecule has 6 aromatic rings. The number of morpholine rings is 3. The van der Waals surface area contributed by atoms with Gasteiger partial charge in [-0.2, -0.15) is 0 Å². The number of hydrogen-bond acceptors (Lipinski definition) is 15. The lowest BCUT2D eigenvalue weighted by Crippen LogP contribution is -2.49. The van der Waals surface area contributed by atoms with E-state index in [0.29, 0.717) is 167 Å². The summed E-state index contributed by atoms with van der Waals surface area (Å²) in [5, 5.41) is 8.21. The summed E-state index contributed by atoms with van der Waals surface area (Å²) >= 11 is 0. The van der Waals surface area contributed by atoms with E-state index in [4.69, 9.17) is 33.9 Å². The van der Waals surface area contributed by atoms with E-state index in [2.05, 4.69) is 35.7 Å². The van der Waals surface area contributed by atoms with Gasteiger partial charge in [-0.1, -0.05) is 111 Å². The summed E-state index contributed by atoms with van der Waals surface area (Å²) in [6.07, 6.45) is 3.48. The highest BCUT2D eigenvalue weighted by atomic mass is 16.5. The van der Waals surface area contributed by atoms with Gasteiger partial charge in [-0.3, -0.25) is 43.2 Å². The van der Waals surface area contributed by atoms with Crippen molar-refractivity contribution in [3.8, 4) is 17.2 Å². The molecule has 0 aromatic heterocycles.